The Labute approximate surface area is 138 Å². The summed E-state index contributed by atoms with van der Waals surface area (Å²) in [5.74, 6) is -2.10. The molecule has 3 rings (SSSR count). The molecular formula is C15H16F2N2O2S2. The predicted molar refractivity (Wildman–Crippen MR) is 84.7 cm³/mol. The number of benzene rings is 1. The van der Waals surface area contributed by atoms with Gasteiger partial charge in [-0.1, -0.05) is 6.07 Å². The third-order valence-corrected chi connectivity index (χ3v) is 6.52. The lowest BCUT2D eigenvalue weighted by Gasteiger charge is -2.33. The minimum Gasteiger partial charge on any atom is -0.296 e. The van der Waals surface area contributed by atoms with Crippen LogP contribution in [0, 0.1) is 11.6 Å². The fraction of sp³-hybridized carbons (Fsp3) is 0.333. The quantitative estimate of drug-likeness (QED) is 0.843. The highest BCUT2D eigenvalue weighted by atomic mass is 32.2. The van der Waals surface area contributed by atoms with Gasteiger partial charge in [0.25, 0.3) is 0 Å². The Morgan fingerprint density at radius 2 is 1.70 bits per heavy atom. The van der Waals surface area contributed by atoms with Crippen LogP contribution in [0.2, 0.25) is 0 Å². The first-order valence-electron chi connectivity index (χ1n) is 7.16. The topological polar surface area (TPSA) is 40.6 Å². The molecule has 0 atom stereocenters. The van der Waals surface area contributed by atoms with E-state index in [1.807, 2.05) is 11.4 Å². The smallest absolute Gasteiger partial charge is 0.249 e. The first kappa shape index (κ1) is 16.5. The van der Waals surface area contributed by atoms with Crippen LogP contribution in [0.25, 0.3) is 0 Å². The normalized spacial score (nSPS) is 17.5. The summed E-state index contributed by atoms with van der Waals surface area (Å²) in [6.07, 6.45) is 0. The highest BCUT2D eigenvalue weighted by Gasteiger charge is 2.32. The molecular weight excluding hydrogens is 342 g/mol. The minimum absolute atomic E-state index is 0.222. The van der Waals surface area contributed by atoms with E-state index in [0.717, 1.165) is 29.0 Å². The number of hydrogen-bond donors (Lipinski definition) is 0. The van der Waals surface area contributed by atoms with Crippen LogP contribution in [0.5, 0.6) is 0 Å². The summed E-state index contributed by atoms with van der Waals surface area (Å²) in [6, 6.07) is 5.11. The number of halogens is 2. The van der Waals surface area contributed by atoms with Crippen LogP contribution in [0.15, 0.2) is 39.9 Å². The van der Waals surface area contributed by atoms with Crippen LogP contribution in [-0.2, 0) is 16.6 Å². The lowest BCUT2D eigenvalue weighted by molar-refractivity contribution is 0.181. The summed E-state index contributed by atoms with van der Waals surface area (Å²) in [4.78, 5) is 1.28. The Balaban J connectivity index is 1.71. The molecule has 2 heterocycles. The third-order valence-electron chi connectivity index (χ3n) is 3.83. The fourth-order valence-electron chi connectivity index (χ4n) is 2.63. The summed E-state index contributed by atoms with van der Waals surface area (Å²) < 4.78 is 53.7. The second-order valence-corrected chi connectivity index (χ2v) is 8.02. The molecule has 0 spiro atoms. The van der Waals surface area contributed by atoms with Crippen molar-refractivity contribution in [2.75, 3.05) is 26.2 Å². The SMILES string of the molecule is O=S(=O)(c1c(F)cccc1F)N1CCN(Cc2ccsc2)CC1. The maximum atomic E-state index is 13.8. The molecule has 0 unspecified atom stereocenters. The number of nitrogens with zero attached hydrogens (tertiary/aromatic N) is 2. The number of rotatable bonds is 4. The van der Waals surface area contributed by atoms with Gasteiger partial charge in [-0.15, -0.1) is 0 Å². The molecule has 0 N–H and O–H groups in total. The van der Waals surface area contributed by atoms with Crippen LogP contribution >= 0.6 is 11.3 Å². The molecule has 4 nitrogen and oxygen atoms in total. The van der Waals surface area contributed by atoms with Gasteiger partial charge in [-0.2, -0.15) is 15.6 Å². The molecule has 1 fully saturated rings. The molecule has 0 amide bonds. The number of hydrogen-bond acceptors (Lipinski definition) is 4. The average Bonchev–Trinajstić information content (AvgIpc) is 3.00. The summed E-state index contributed by atoms with van der Waals surface area (Å²) in [6.45, 7) is 2.27. The van der Waals surface area contributed by atoms with Gasteiger partial charge < -0.3 is 0 Å². The van der Waals surface area contributed by atoms with Gasteiger partial charge in [0.2, 0.25) is 10.0 Å². The van der Waals surface area contributed by atoms with Crippen LogP contribution in [0.1, 0.15) is 5.56 Å². The van der Waals surface area contributed by atoms with Crippen LogP contribution < -0.4 is 0 Å². The number of sulfonamides is 1. The van der Waals surface area contributed by atoms with Crippen molar-refractivity contribution in [3.8, 4) is 0 Å². The van der Waals surface area contributed by atoms with Crippen molar-refractivity contribution >= 4 is 21.4 Å². The largest absolute Gasteiger partial charge is 0.296 e. The van der Waals surface area contributed by atoms with Crippen LogP contribution in [0.3, 0.4) is 0 Å². The van der Waals surface area contributed by atoms with Crippen molar-refractivity contribution in [3.05, 3.63) is 52.2 Å². The molecule has 23 heavy (non-hydrogen) atoms. The molecule has 0 saturated carbocycles. The van der Waals surface area contributed by atoms with E-state index in [9.17, 15) is 17.2 Å². The van der Waals surface area contributed by atoms with Gasteiger partial charge in [0.15, 0.2) is 4.90 Å². The summed E-state index contributed by atoms with van der Waals surface area (Å²) in [5, 5.41) is 4.05. The second kappa shape index (κ2) is 6.64. The van der Waals surface area contributed by atoms with E-state index in [0.29, 0.717) is 13.1 Å². The van der Waals surface area contributed by atoms with Crippen molar-refractivity contribution < 1.29 is 17.2 Å². The summed E-state index contributed by atoms with van der Waals surface area (Å²) >= 11 is 1.62. The zero-order chi connectivity index (χ0) is 16.4. The molecule has 1 aromatic heterocycles. The molecule has 1 aliphatic heterocycles. The maximum absolute atomic E-state index is 13.8. The molecule has 8 heteroatoms. The Morgan fingerprint density at radius 1 is 1.04 bits per heavy atom. The molecule has 1 saturated heterocycles. The number of thiophene rings is 1. The van der Waals surface area contributed by atoms with Gasteiger partial charge in [-0.25, -0.2) is 17.2 Å². The van der Waals surface area contributed by atoms with Crippen molar-refractivity contribution in [3.63, 3.8) is 0 Å². The van der Waals surface area contributed by atoms with E-state index in [2.05, 4.69) is 10.3 Å². The first-order valence-corrected chi connectivity index (χ1v) is 9.54. The van der Waals surface area contributed by atoms with Crippen LogP contribution in [-0.4, -0.2) is 43.8 Å². The van der Waals surface area contributed by atoms with Gasteiger partial charge in [0.05, 0.1) is 0 Å². The van der Waals surface area contributed by atoms with E-state index in [1.54, 1.807) is 11.3 Å². The number of piperazine rings is 1. The second-order valence-electron chi connectivity index (χ2n) is 5.36. The molecule has 124 valence electrons. The van der Waals surface area contributed by atoms with Crippen LogP contribution in [0.4, 0.5) is 8.78 Å². The van der Waals surface area contributed by atoms with Gasteiger partial charge in [-0.05, 0) is 34.5 Å². The predicted octanol–water partition coefficient (Wildman–Crippen LogP) is 2.53. The zero-order valence-electron chi connectivity index (χ0n) is 12.3. The lowest BCUT2D eigenvalue weighted by atomic mass is 10.3. The molecule has 0 aliphatic carbocycles. The Kier molecular flexibility index (Phi) is 4.77. The Hall–Kier alpha value is -1.35. The zero-order valence-corrected chi connectivity index (χ0v) is 13.9. The molecule has 2 aromatic rings. The monoisotopic (exact) mass is 358 g/mol. The van der Waals surface area contributed by atoms with E-state index < -0.39 is 26.6 Å². The standard InChI is InChI=1S/C15H16F2N2O2S2/c16-13-2-1-3-14(17)15(13)23(20,21)19-7-5-18(6-8-19)10-12-4-9-22-11-12/h1-4,9,11H,5-8,10H2. The molecule has 1 aliphatic rings. The Morgan fingerprint density at radius 3 is 2.26 bits per heavy atom. The molecule has 0 bridgehead atoms. The summed E-state index contributed by atoms with van der Waals surface area (Å²) in [7, 11) is -4.15. The highest BCUT2D eigenvalue weighted by Crippen LogP contribution is 2.24. The van der Waals surface area contributed by atoms with Gasteiger partial charge in [-0.3, -0.25) is 4.90 Å². The van der Waals surface area contributed by atoms with Crippen molar-refractivity contribution in [2.24, 2.45) is 0 Å². The van der Waals surface area contributed by atoms with E-state index in [1.165, 1.54) is 5.56 Å². The van der Waals surface area contributed by atoms with E-state index in [4.69, 9.17) is 0 Å². The first-order chi connectivity index (χ1) is 11.0. The maximum Gasteiger partial charge on any atom is 0.249 e. The van der Waals surface area contributed by atoms with E-state index >= 15 is 0 Å². The molecule has 0 radical (unpaired) electrons. The van der Waals surface area contributed by atoms with Gasteiger partial charge in [0, 0.05) is 32.7 Å². The highest BCUT2D eigenvalue weighted by molar-refractivity contribution is 7.89. The summed E-state index contributed by atoms with van der Waals surface area (Å²) in [5.41, 5.74) is 1.19. The van der Waals surface area contributed by atoms with Crippen molar-refractivity contribution in [2.45, 2.75) is 11.4 Å². The average molecular weight is 358 g/mol. The van der Waals surface area contributed by atoms with Crippen molar-refractivity contribution in [1.82, 2.24) is 9.21 Å². The molecule has 1 aromatic carbocycles. The minimum atomic E-state index is -4.15. The van der Waals surface area contributed by atoms with Crippen molar-refractivity contribution in [1.29, 1.82) is 0 Å². The van der Waals surface area contributed by atoms with Gasteiger partial charge in [0.1, 0.15) is 11.6 Å². The fourth-order valence-corrected chi connectivity index (χ4v) is 4.82. The lowest BCUT2D eigenvalue weighted by Crippen LogP contribution is -2.48. The Bertz CT molecular complexity index is 751. The van der Waals surface area contributed by atoms with Gasteiger partial charge >= 0.3 is 0 Å². The van der Waals surface area contributed by atoms with E-state index in [-0.39, 0.29) is 13.1 Å². The third kappa shape index (κ3) is 3.45.